The normalized spacial score (nSPS) is 11.8. The summed E-state index contributed by atoms with van der Waals surface area (Å²) in [5.74, 6) is 0. The highest BCUT2D eigenvalue weighted by Crippen LogP contribution is 2.48. The molecule has 0 bridgehead atoms. The van der Waals surface area contributed by atoms with Gasteiger partial charge in [-0.2, -0.15) is 0 Å². The second-order valence-electron chi connectivity index (χ2n) is 33.1. The Balaban J connectivity index is 0.000000137. The monoisotopic (exact) mass is 1600 g/mol. The van der Waals surface area contributed by atoms with Crippen LogP contribution in [0.3, 0.4) is 0 Å². The van der Waals surface area contributed by atoms with E-state index in [2.05, 4.69) is 501 Å². The number of para-hydroxylation sites is 6. The van der Waals surface area contributed by atoms with E-state index in [1.54, 1.807) is 0 Å². The fraction of sp³-hybridized carbons (Fsp3) is 0. The largest absolute Gasteiger partial charge is 0.309 e. The number of nitrogens with zero attached hydrogens (tertiary/aromatic N) is 6. The van der Waals surface area contributed by atoms with Crippen LogP contribution in [0.4, 0.5) is 0 Å². The molecule has 6 heterocycles. The van der Waals surface area contributed by atoms with Crippen LogP contribution in [0.5, 0.6) is 0 Å². The molecule has 0 unspecified atom stereocenters. The predicted octanol–water partition coefficient (Wildman–Crippen LogP) is 32.0. The van der Waals surface area contributed by atoms with Gasteiger partial charge in [-0.1, -0.05) is 322 Å². The third kappa shape index (κ3) is 11.7. The first kappa shape index (κ1) is 72.1. The summed E-state index contributed by atoms with van der Waals surface area (Å²) in [7, 11) is 0. The van der Waals surface area contributed by atoms with Crippen molar-refractivity contribution in [3.8, 4) is 101 Å². The van der Waals surface area contributed by atoms with Gasteiger partial charge in [0, 0.05) is 98.8 Å². The molecule has 0 saturated heterocycles. The Hall–Kier alpha value is -16.8. The minimum absolute atomic E-state index is 1.13. The Kier molecular flexibility index (Phi) is 16.9. The Bertz CT molecular complexity index is 8800. The first-order chi connectivity index (χ1) is 62.5. The molecule has 0 fully saturated rings. The quantitative estimate of drug-likeness (QED) is 0.117. The highest BCUT2D eigenvalue weighted by molar-refractivity contribution is 6.28. The highest BCUT2D eigenvalue weighted by Gasteiger charge is 2.26. The van der Waals surface area contributed by atoms with E-state index in [0.29, 0.717) is 0 Å². The second kappa shape index (κ2) is 29.5. The van der Waals surface area contributed by atoms with Crippen LogP contribution in [-0.4, -0.2) is 27.4 Å². The zero-order valence-electron chi connectivity index (χ0n) is 68.7. The zero-order chi connectivity index (χ0) is 82.9. The number of aromatic nitrogens is 6. The van der Waals surface area contributed by atoms with E-state index in [-0.39, 0.29) is 0 Å². The Morgan fingerprint density at radius 3 is 0.706 bits per heavy atom. The third-order valence-electron chi connectivity index (χ3n) is 26.0. The third-order valence-corrected chi connectivity index (χ3v) is 26.0. The van der Waals surface area contributed by atoms with Crippen LogP contribution >= 0.6 is 0 Å². The van der Waals surface area contributed by atoms with Gasteiger partial charge in [-0.3, -0.25) is 0 Å². The van der Waals surface area contributed by atoms with Gasteiger partial charge in [-0.15, -0.1) is 0 Å². The molecule has 0 N–H and O–H groups in total. The highest BCUT2D eigenvalue weighted by atomic mass is 15.1. The summed E-state index contributed by atoms with van der Waals surface area (Å²) in [5.41, 5.74) is 35.6. The van der Waals surface area contributed by atoms with Gasteiger partial charge < -0.3 is 27.4 Å². The lowest BCUT2D eigenvalue weighted by molar-refractivity contribution is 1.15. The molecule has 0 amide bonds. The SMILES string of the molecule is c1ccc(-c2cccc(-n3c4ccccc4c4cc(-c5ccc6c(c5)c5ccc7c(c8ccccc8n7-c7ccccc7)c5n6-c5cccc(-c6ccccc6)c5)ccc43)c2)cc1.c1ccc(-c2cccc(-n3c4ccccc4c4cc(-c5ccc6c(c5)c5ccc7c8ccccc8n(-c8ccccc8)c7c5n6-c5cccc(-c6ccccc6)c5)ccc43)c2)cc1. The van der Waals surface area contributed by atoms with Gasteiger partial charge in [0.15, 0.2) is 0 Å². The van der Waals surface area contributed by atoms with Crippen molar-refractivity contribution in [2.45, 2.75) is 0 Å². The molecule has 0 saturated carbocycles. The van der Waals surface area contributed by atoms with Crippen LogP contribution < -0.4 is 0 Å². The maximum Gasteiger partial charge on any atom is 0.0788 e. The lowest BCUT2D eigenvalue weighted by Gasteiger charge is -2.13. The van der Waals surface area contributed by atoms with Gasteiger partial charge in [0.05, 0.1) is 66.2 Å². The van der Waals surface area contributed by atoms with Crippen LogP contribution in [0, 0.1) is 0 Å². The number of fused-ring (bicyclic) bond motifs is 20. The molecule has 20 aromatic carbocycles. The van der Waals surface area contributed by atoms with Gasteiger partial charge in [-0.25, -0.2) is 0 Å². The van der Waals surface area contributed by atoms with E-state index in [0.717, 1.165) is 34.1 Å². The van der Waals surface area contributed by atoms with Crippen LogP contribution in [0.15, 0.2) is 473 Å². The summed E-state index contributed by atoms with van der Waals surface area (Å²) in [6, 6.07) is 173. The Labute approximate surface area is 727 Å². The minimum atomic E-state index is 1.13. The molecule has 6 heteroatoms. The smallest absolute Gasteiger partial charge is 0.0788 e. The summed E-state index contributed by atoms with van der Waals surface area (Å²) >= 11 is 0. The first-order valence-corrected chi connectivity index (χ1v) is 43.4. The molecule has 0 atom stereocenters. The van der Waals surface area contributed by atoms with E-state index in [4.69, 9.17) is 0 Å². The van der Waals surface area contributed by atoms with E-state index >= 15 is 0 Å². The zero-order valence-corrected chi connectivity index (χ0v) is 68.7. The van der Waals surface area contributed by atoms with E-state index in [1.807, 2.05) is 0 Å². The molecule has 6 aromatic heterocycles. The van der Waals surface area contributed by atoms with Crippen LogP contribution in [0.1, 0.15) is 0 Å². The number of hydrogen-bond acceptors (Lipinski definition) is 0. The van der Waals surface area contributed by atoms with Crippen molar-refractivity contribution in [1.82, 2.24) is 27.4 Å². The standard InChI is InChI=1S/2C60H39N3/c1-4-16-40(17-5-1)42-20-14-24-47(36-42)61-55-28-12-11-27-50(55)53-38-44(30-34-57(53)61)45-31-35-58-54(39-45)52-33-32-51-49-26-10-13-29-56(49)62(46-22-8-3-9-23-46)59(51)60(52)63(58)48-25-15-21-43(37-48)41-18-6-2-7-19-41;1-4-16-40(17-5-1)42-20-14-24-47(36-42)62-54-28-12-10-26-49(54)52-38-44(30-33-56(52)62)45-31-34-57-53(39-45)50-32-35-58-59(51-27-11-13-29-55(51)61(58)46-22-8-3-9-23-46)60(50)63(57)48-25-15-21-43(37-48)41-18-6-2-7-19-41/h2*1-39H. The van der Waals surface area contributed by atoms with Crippen molar-refractivity contribution < 1.29 is 0 Å². The molecular formula is C120H78N6. The number of hydrogen-bond donors (Lipinski definition) is 0. The summed E-state index contributed by atoms with van der Waals surface area (Å²) in [4.78, 5) is 0. The summed E-state index contributed by atoms with van der Waals surface area (Å²) in [5, 5.41) is 14.8. The van der Waals surface area contributed by atoms with Crippen molar-refractivity contribution in [3.63, 3.8) is 0 Å². The molecular weight excluding hydrogens is 1530 g/mol. The fourth-order valence-electron chi connectivity index (χ4n) is 20.4. The second-order valence-corrected chi connectivity index (χ2v) is 33.1. The Morgan fingerprint density at radius 1 is 0.103 bits per heavy atom. The van der Waals surface area contributed by atoms with Crippen molar-refractivity contribution in [2.24, 2.45) is 0 Å². The summed E-state index contributed by atoms with van der Waals surface area (Å²) in [6.07, 6.45) is 0. The lowest BCUT2D eigenvalue weighted by atomic mass is 10.00. The maximum atomic E-state index is 2.51. The molecule has 0 aliphatic rings. The summed E-state index contributed by atoms with van der Waals surface area (Å²) < 4.78 is 14.7. The molecule has 0 radical (unpaired) electrons. The molecule has 6 nitrogen and oxygen atoms in total. The van der Waals surface area contributed by atoms with Gasteiger partial charge >= 0.3 is 0 Å². The van der Waals surface area contributed by atoms with E-state index in [1.165, 1.54) is 198 Å². The predicted molar refractivity (Wildman–Crippen MR) is 532 cm³/mol. The van der Waals surface area contributed by atoms with Crippen LogP contribution in [0.2, 0.25) is 0 Å². The molecule has 0 aliphatic heterocycles. The number of benzene rings is 20. The van der Waals surface area contributed by atoms with Gasteiger partial charge in [0.1, 0.15) is 0 Å². The maximum absolute atomic E-state index is 2.51. The topological polar surface area (TPSA) is 29.6 Å². The first-order valence-electron chi connectivity index (χ1n) is 43.4. The van der Waals surface area contributed by atoms with Crippen LogP contribution in [0.25, 0.3) is 232 Å². The molecule has 0 spiro atoms. The molecule has 26 rings (SSSR count). The summed E-state index contributed by atoms with van der Waals surface area (Å²) in [6.45, 7) is 0. The lowest BCUT2D eigenvalue weighted by Crippen LogP contribution is -1.98. The van der Waals surface area contributed by atoms with E-state index in [9.17, 15) is 0 Å². The van der Waals surface area contributed by atoms with Gasteiger partial charge in [-0.05, 0) is 218 Å². The van der Waals surface area contributed by atoms with Crippen LogP contribution in [-0.2, 0) is 0 Å². The van der Waals surface area contributed by atoms with Gasteiger partial charge in [0.2, 0.25) is 0 Å². The number of rotatable bonds is 12. The molecule has 0 aliphatic carbocycles. The average molecular weight is 1600 g/mol. The average Bonchev–Trinajstić information content (AvgIpc) is 1.55. The van der Waals surface area contributed by atoms with Crippen molar-refractivity contribution in [3.05, 3.63) is 473 Å². The van der Waals surface area contributed by atoms with Crippen molar-refractivity contribution in [2.75, 3.05) is 0 Å². The van der Waals surface area contributed by atoms with E-state index < -0.39 is 0 Å². The molecule has 26 aromatic rings. The van der Waals surface area contributed by atoms with Crippen molar-refractivity contribution >= 4 is 131 Å². The molecule has 588 valence electrons. The molecule has 126 heavy (non-hydrogen) atoms. The Morgan fingerprint density at radius 2 is 0.317 bits per heavy atom. The fourth-order valence-corrected chi connectivity index (χ4v) is 20.4. The van der Waals surface area contributed by atoms with Gasteiger partial charge in [0.25, 0.3) is 0 Å². The minimum Gasteiger partial charge on any atom is -0.309 e. The van der Waals surface area contributed by atoms with Crippen molar-refractivity contribution in [1.29, 1.82) is 0 Å².